The van der Waals surface area contributed by atoms with E-state index in [-0.39, 0.29) is 35.6 Å². The minimum Gasteiger partial charge on any atom is -1.00 e. The molecular weight excluding hydrogens is 671 g/mol. The van der Waals surface area contributed by atoms with Crippen molar-refractivity contribution in [3.8, 4) is 0 Å². The monoisotopic (exact) mass is 720 g/mol. The Balaban J connectivity index is 0.000000358. The van der Waals surface area contributed by atoms with Crippen LogP contribution in [0.2, 0.25) is 19.6 Å². The number of benzene rings is 3. The molecule has 236 valence electrons. The van der Waals surface area contributed by atoms with E-state index in [4.69, 9.17) is 0 Å². The van der Waals surface area contributed by atoms with Gasteiger partial charge < -0.3 is 24.8 Å². The maximum absolute atomic E-state index is 3.43. The fourth-order valence-electron chi connectivity index (χ4n) is 5.45. The van der Waals surface area contributed by atoms with Crippen LogP contribution in [0.5, 0.6) is 0 Å². The van der Waals surface area contributed by atoms with Crippen LogP contribution in [0.15, 0.2) is 89.6 Å². The SMILES string of the molecule is CC(C)(C)c1ccc2c(c1)[cH-]c1cc(C(C)(C)C)ccc12.CC1=[C-]C(C)C=C1[Si](C)(C)C.CC[C](=[Zr+2])c1ccccc1.[Cl-].[Cl-]. The summed E-state index contributed by atoms with van der Waals surface area (Å²) in [6, 6.07) is 26.8. The molecule has 0 N–H and O–H groups in total. The molecule has 0 saturated carbocycles. The summed E-state index contributed by atoms with van der Waals surface area (Å²) in [5.41, 5.74) is 6.02. The van der Waals surface area contributed by atoms with E-state index in [1.807, 2.05) is 0 Å². The topological polar surface area (TPSA) is 0 Å². The second-order valence-electron chi connectivity index (χ2n) is 14.8. The maximum Gasteiger partial charge on any atom is -1.00 e. The second kappa shape index (κ2) is 16.4. The van der Waals surface area contributed by atoms with Crippen molar-refractivity contribution in [2.24, 2.45) is 5.92 Å². The van der Waals surface area contributed by atoms with Crippen LogP contribution in [0.1, 0.15) is 85.4 Å². The van der Waals surface area contributed by atoms with Crippen molar-refractivity contribution in [2.45, 2.75) is 99.2 Å². The van der Waals surface area contributed by atoms with Crippen LogP contribution in [-0.2, 0) is 35.1 Å². The zero-order chi connectivity index (χ0) is 31.5. The third kappa shape index (κ3) is 10.8. The summed E-state index contributed by atoms with van der Waals surface area (Å²) in [6.07, 6.45) is 6.99. The summed E-state index contributed by atoms with van der Waals surface area (Å²) in [5, 5.41) is 7.08. The Morgan fingerprint density at radius 2 is 1.25 bits per heavy atom. The molecular formula is C40H52Cl2SiZr-2. The van der Waals surface area contributed by atoms with Gasteiger partial charge in [0.05, 0.1) is 0 Å². The molecule has 1 aliphatic carbocycles. The Bertz CT molecular complexity index is 1520. The molecule has 1 aliphatic rings. The Labute approximate surface area is 297 Å². The quantitative estimate of drug-likeness (QED) is 0.189. The van der Waals surface area contributed by atoms with Gasteiger partial charge in [-0.2, -0.15) is 6.08 Å². The number of allylic oxidation sites excluding steroid dienone is 4. The number of hydrogen-bond donors (Lipinski definition) is 0. The minimum atomic E-state index is -1.07. The van der Waals surface area contributed by atoms with E-state index < -0.39 is 8.07 Å². The molecule has 4 aromatic rings. The zero-order valence-electron chi connectivity index (χ0n) is 29.0. The van der Waals surface area contributed by atoms with Crippen molar-refractivity contribution in [3.05, 3.63) is 112 Å². The molecule has 0 aromatic heterocycles. The second-order valence-corrected chi connectivity index (χ2v) is 21.4. The van der Waals surface area contributed by atoms with E-state index in [1.54, 1.807) is 8.40 Å². The average molecular weight is 723 g/mol. The van der Waals surface area contributed by atoms with Crippen molar-refractivity contribution in [3.63, 3.8) is 0 Å². The molecule has 44 heavy (non-hydrogen) atoms. The van der Waals surface area contributed by atoms with E-state index in [1.165, 1.54) is 74.5 Å². The molecule has 5 rings (SSSR count). The number of fused-ring (bicyclic) bond motifs is 3. The summed E-state index contributed by atoms with van der Waals surface area (Å²) < 4.78 is 1.55. The van der Waals surface area contributed by atoms with E-state index >= 15 is 0 Å². The molecule has 0 amide bonds. The number of rotatable bonds is 3. The van der Waals surface area contributed by atoms with E-state index in [2.05, 4.69) is 167 Å². The molecule has 1 unspecified atom stereocenters. The van der Waals surface area contributed by atoms with Crippen LogP contribution < -0.4 is 24.8 Å². The molecule has 0 heterocycles. The first-order valence-corrected chi connectivity index (χ1v) is 20.2. The van der Waals surface area contributed by atoms with Gasteiger partial charge in [0, 0.05) is 0 Å². The summed E-state index contributed by atoms with van der Waals surface area (Å²) in [4.78, 5) is 0. The first kappa shape index (κ1) is 40.6. The molecule has 0 radical (unpaired) electrons. The smallest absolute Gasteiger partial charge is 1.00 e. The fourth-order valence-corrected chi connectivity index (χ4v) is 7.80. The van der Waals surface area contributed by atoms with Crippen molar-refractivity contribution in [1.29, 1.82) is 0 Å². The van der Waals surface area contributed by atoms with Crippen molar-refractivity contribution in [2.75, 3.05) is 0 Å². The normalized spacial score (nSPS) is 14.7. The molecule has 0 bridgehead atoms. The van der Waals surface area contributed by atoms with Crippen molar-refractivity contribution in [1.82, 2.24) is 0 Å². The van der Waals surface area contributed by atoms with Crippen LogP contribution in [-0.4, -0.2) is 11.3 Å². The summed E-state index contributed by atoms with van der Waals surface area (Å²) >= 11 is 1.54. The Morgan fingerprint density at radius 1 is 0.795 bits per heavy atom. The van der Waals surface area contributed by atoms with Crippen LogP contribution in [0.4, 0.5) is 0 Å². The van der Waals surface area contributed by atoms with Crippen LogP contribution in [0.25, 0.3) is 21.5 Å². The summed E-state index contributed by atoms with van der Waals surface area (Å²) in [6.45, 7) is 27.4. The van der Waals surface area contributed by atoms with Gasteiger partial charge in [0.25, 0.3) is 0 Å². The molecule has 0 spiro atoms. The predicted octanol–water partition coefficient (Wildman–Crippen LogP) is 5.67. The molecule has 0 fully saturated rings. The standard InChI is InChI=1S/C21H25.C10H17Si.C9H10.2ClH.Zr/c1-20(2,3)16-7-9-18-14(12-16)11-15-13-17(21(4,5)6)8-10-19(15)18;1-8-6-9(2)10(7-8)11(3,4)5;1-2-6-9-7-4-3-5-8-9;;;/h7-13H,1-6H3;7-8H,1-5H3;3-5,7-8H,2H2,1H3;2*1H;/q2*-1;;;;+2/p-2. The van der Waals surface area contributed by atoms with Gasteiger partial charge in [-0.25, -0.2) is 10.8 Å². The summed E-state index contributed by atoms with van der Waals surface area (Å²) in [7, 11) is -1.07. The largest absolute Gasteiger partial charge is 1.00 e. The summed E-state index contributed by atoms with van der Waals surface area (Å²) in [5.74, 6) is 0.553. The molecule has 4 aromatic carbocycles. The molecule has 1 atom stereocenters. The number of hydrogen-bond acceptors (Lipinski definition) is 0. The molecule has 0 nitrogen and oxygen atoms in total. The van der Waals surface area contributed by atoms with Gasteiger partial charge in [-0.15, -0.1) is 39.7 Å². The third-order valence-corrected chi connectivity index (χ3v) is 11.7. The van der Waals surface area contributed by atoms with E-state index in [9.17, 15) is 0 Å². The molecule has 0 saturated heterocycles. The first-order chi connectivity index (χ1) is 19.4. The van der Waals surface area contributed by atoms with Gasteiger partial charge in [-0.1, -0.05) is 116 Å². The first-order valence-electron chi connectivity index (χ1n) is 15.5. The Kier molecular flexibility index (Phi) is 15.1. The van der Waals surface area contributed by atoms with Gasteiger partial charge in [-0.3, -0.25) is 6.08 Å². The fraction of sp³-hybridized carbons (Fsp3) is 0.400. The van der Waals surface area contributed by atoms with Gasteiger partial charge in [0.1, 0.15) is 0 Å². The van der Waals surface area contributed by atoms with Crippen LogP contribution >= 0.6 is 0 Å². The van der Waals surface area contributed by atoms with E-state index in [0.717, 1.165) is 0 Å². The van der Waals surface area contributed by atoms with Crippen molar-refractivity contribution < 1.29 is 49.0 Å². The Hall–Kier alpha value is -1.44. The third-order valence-electron chi connectivity index (χ3n) is 7.99. The predicted molar refractivity (Wildman–Crippen MR) is 188 cm³/mol. The zero-order valence-corrected chi connectivity index (χ0v) is 34.0. The van der Waals surface area contributed by atoms with Gasteiger partial charge in [-0.05, 0) is 18.9 Å². The van der Waals surface area contributed by atoms with Crippen LogP contribution in [0.3, 0.4) is 0 Å². The van der Waals surface area contributed by atoms with Gasteiger partial charge >= 0.3 is 76.7 Å². The average Bonchev–Trinajstić information content (AvgIpc) is 3.46. The van der Waals surface area contributed by atoms with E-state index in [0.29, 0.717) is 5.92 Å². The Morgan fingerprint density at radius 3 is 1.57 bits per heavy atom. The van der Waals surface area contributed by atoms with Gasteiger partial charge in [0.15, 0.2) is 0 Å². The maximum atomic E-state index is 3.43. The van der Waals surface area contributed by atoms with Crippen molar-refractivity contribution >= 4 is 32.8 Å². The molecule has 0 aliphatic heterocycles. The minimum absolute atomic E-state index is 0. The van der Waals surface area contributed by atoms with Crippen LogP contribution in [0, 0.1) is 12.0 Å². The molecule has 4 heteroatoms. The van der Waals surface area contributed by atoms with Gasteiger partial charge in [0.2, 0.25) is 0 Å². The number of halogens is 2.